The van der Waals surface area contributed by atoms with Gasteiger partial charge in [0.15, 0.2) is 0 Å². The summed E-state index contributed by atoms with van der Waals surface area (Å²) in [6, 6.07) is 13.4. The van der Waals surface area contributed by atoms with Gasteiger partial charge in [-0.05, 0) is 31.5 Å². The number of amides is 1. The van der Waals surface area contributed by atoms with Crippen LogP contribution in [0.5, 0.6) is 0 Å². The summed E-state index contributed by atoms with van der Waals surface area (Å²) >= 11 is 0. The van der Waals surface area contributed by atoms with E-state index < -0.39 is 0 Å². The summed E-state index contributed by atoms with van der Waals surface area (Å²) in [7, 11) is 1.91. The minimum atomic E-state index is -0.110. The highest BCUT2D eigenvalue weighted by atomic mass is 16.1. The molecule has 3 aromatic rings. The number of aryl methyl sites for hydroxylation is 2. The molecule has 2 heterocycles. The Bertz CT molecular complexity index is 868. The van der Waals surface area contributed by atoms with E-state index in [2.05, 4.69) is 15.4 Å². The molecule has 3 rings (SSSR count). The molecule has 0 aliphatic rings. The lowest BCUT2D eigenvalue weighted by atomic mass is 10.1. The maximum Gasteiger partial charge on any atom is 0.251 e. The topological polar surface area (TPSA) is 59.8 Å². The van der Waals surface area contributed by atoms with Crippen molar-refractivity contribution in [1.82, 2.24) is 20.1 Å². The first-order valence-corrected chi connectivity index (χ1v) is 7.85. The van der Waals surface area contributed by atoms with Crippen LogP contribution in [0, 0.1) is 13.8 Å². The molecule has 5 nitrogen and oxygen atoms in total. The average Bonchev–Trinajstić information content (AvgIpc) is 2.86. The Labute approximate surface area is 141 Å². The number of carbonyl (C=O) groups is 1. The summed E-state index contributed by atoms with van der Waals surface area (Å²) in [6.07, 6.45) is 1.67. The van der Waals surface area contributed by atoms with Crippen molar-refractivity contribution < 1.29 is 4.79 Å². The Morgan fingerprint density at radius 3 is 2.58 bits per heavy atom. The van der Waals surface area contributed by atoms with Gasteiger partial charge in [0.2, 0.25) is 0 Å². The normalized spacial score (nSPS) is 10.6. The van der Waals surface area contributed by atoms with E-state index in [0.717, 1.165) is 28.2 Å². The van der Waals surface area contributed by atoms with Gasteiger partial charge in [0, 0.05) is 36.6 Å². The van der Waals surface area contributed by atoms with Crippen LogP contribution in [0.1, 0.15) is 27.3 Å². The van der Waals surface area contributed by atoms with Crippen molar-refractivity contribution >= 4 is 5.91 Å². The van der Waals surface area contributed by atoms with E-state index in [0.29, 0.717) is 12.1 Å². The van der Waals surface area contributed by atoms with Gasteiger partial charge < -0.3 is 5.32 Å². The van der Waals surface area contributed by atoms with Crippen LogP contribution in [0.15, 0.2) is 48.7 Å². The highest BCUT2D eigenvalue weighted by Crippen LogP contribution is 2.25. The molecule has 0 bridgehead atoms. The second kappa shape index (κ2) is 6.66. The van der Waals surface area contributed by atoms with Crippen LogP contribution in [0.3, 0.4) is 0 Å². The lowest BCUT2D eigenvalue weighted by Crippen LogP contribution is -2.22. The third-order valence-corrected chi connectivity index (χ3v) is 4.08. The molecule has 2 aromatic heterocycles. The van der Waals surface area contributed by atoms with Crippen LogP contribution < -0.4 is 5.32 Å². The number of rotatable bonds is 4. The number of hydrogen-bond donors (Lipinski definition) is 1. The Kier molecular flexibility index (Phi) is 4.42. The first kappa shape index (κ1) is 15.9. The van der Waals surface area contributed by atoms with Gasteiger partial charge in [-0.1, -0.05) is 30.3 Å². The number of nitrogens with one attached hydrogen (secondary N) is 1. The van der Waals surface area contributed by atoms with Gasteiger partial charge in [0.1, 0.15) is 0 Å². The maximum absolute atomic E-state index is 12.4. The quantitative estimate of drug-likeness (QED) is 0.804. The maximum atomic E-state index is 12.4. The zero-order valence-corrected chi connectivity index (χ0v) is 14.1. The molecule has 0 spiro atoms. The molecule has 0 aliphatic heterocycles. The number of aromatic nitrogens is 3. The van der Waals surface area contributed by atoms with Crippen molar-refractivity contribution in [3.8, 4) is 11.3 Å². The molecule has 0 aliphatic carbocycles. The average molecular weight is 320 g/mol. The van der Waals surface area contributed by atoms with Crippen molar-refractivity contribution in [3.63, 3.8) is 0 Å². The smallest absolute Gasteiger partial charge is 0.251 e. The number of carbonyl (C=O) groups excluding carboxylic acids is 1. The second-order valence-electron chi connectivity index (χ2n) is 5.77. The third kappa shape index (κ3) is 3.20. The second-order valence-corrected chi connectivity index (χ2v) is 5.77. The highest BCUT2D eigenvalue weighted by molar-refractivity contribution is 5.95. The third-order valence-electron chi connectivity index (χ3n) is 4.08. The standard InChI is InChI=1S/C19H20N4O/c1-13-18(14(2)23(3)22-13)17-11-16(9-10-20-17)19(24)21-12-15-7-5-4-6-8-15/h4-11H,12H2,1-3H3,(H,21,24). The zero-order chi connectivity index (χ0) is 17.1. The van der Waals surface area contributed by atoms with Gasteiger partial charge in [0.05, 0.1) is 11.4 Å². The van der Waals surface area contributed by atoms with Crippen molar-refractivity contribution in [3.05, 3.63) is 71.2 Å². The summed E-state index contributed by atoms with van der Waals surface area (Å²) in [6.45, 7) is 4.45. The zero-order valence-electron chi connectivity index (χ0n) is 14.1. The van der Waals surface area contributed by atoms with E-state index in [-0.39, 0.29) is 5.91 Å². The van der Waals surface area contributed by atoms with Crippen LogP contribution >= 0.6 is 0 Å². The molecular formula is C19H20N4O. The largest absolute Gasteiger partial charge is 0.348 e. The van der Waals surface area contributed by atoms with E-state index in [9.17, 15) is 4.79 Å². The van der Waals surface area contributed by atoms with Crippen LogP contribution in [0.2, 0.25) is 0 Å². The minimum absolute atomic E-state index is 0.110. The lowest BCUT2D eigenvalue weighted by molar-refractivity contribution is 0.0951. The monoisotopic (exact) mass is 320 g/mol. The van der Waals surface area contributed by atoms with Gasteiger partial charge in [-0.25, -0.2) is 0 Å². The Hall–Kier alpha value is -2.95. The molecule has 1 aromatic carbocycles. The summed E-state index contributed by atoms with van der Waals surface area (Å²) in [5.74, 6) is -0.110. The predicted octanol–water partition coefficient (Wildman–Crippen LogP) is 3.03. The Morgan fingerprint density at radius 2 is 1.92 bits per heavy atom. The Balaban J connectivity index is 1.81. The summed E-state index contributed by atoms with van der Waals surface area (Å²) in [5, 5.41) is 7.35. The van der Waals surface area contributed by atoms with Crippen LogP contribution in [-0.4, -0.2) is 20.7 Å². The number of nitrogens with zero attached hydrogens (tertiary/aromatic N) is 3. The van der Waals surface area contributed by atoms with E-state index in [4.69, 9.17) is 0 Å². The molecular weight excluding hydrogens is 300 g/mol. The van der Waals surface area contributed by atoms with E-state index in [1.165, 1.54) is 0 Å². The molecule has 24 heavy (non-hydrogen) atoms. The summed E-state index contributed by atoms with van der Waals surface area (Å²) in [4.78, 5) is 16.8. The number of hydrogen-bond acceptors (Lipinski definition) is 3. The van der Waals surface area contributed by atoms with Crippen molar-refractivity contribution in [1.29, 1.82) is 0 Å². The van der Waals surface area contributed by atoms with Gasteiger partial charge in [0.25, 0.3) is 5.91 Å². The van der Waals surface area contributed by atoms with Crippen molar-refractivity contribution in [2.24, 2.45) is 7.05 Å². The molecule has 0 fully saturated rings. The molecule has 122 valence electrons. The van der Waals surface area contributed by atoms with E-state index in [1.54, 1.807) is 12.3 Å². The first-order chi connectivity index (χ1) is 11.6. The molecule has 0 saturated carbocycles. The van der Waals surface area contributed by atoms with Gasteiger partial charge >= 0.3 is 0 Å². The van der Waals surface area contributed by atoms with Gasteiger partial charge in [-0.2, -0.15) is 5.10 Å². The molecule has 0 radical (unpaired) electrons. The van der Waals surface area contributed by atoms with Gasteiger partial charge in [-0.15, -0.1) is 0 Å². The molecule has 0 atom stereocenters. The van der Waals surface area contributed by atoms with Crippen molar-refractivity contribution in [2.45, 2.75) is 20.4 Å². The molecule has 0 saturated heterocycles. The molecule has 1 amide bonds. The number of pyridine rings is 1. The van der Waals surface area contributed by atoms with E-state index >= 15 is 0 Å². The minimum Gasteiger partial charge on any atom is -0.348 e. The van der Waals surface area contributed by atoms with Crippen LogP contribution in [0.25, 0.3) is 11.3 Å². The Morgan fingerprint density at radius 1 is 1.17 bits per heavy atom. The van der Waals surface area contributed by atoms with Crippen LogP contribution in [-0.2, 0) is 13.6 Å². The predicted molar refractivity (Wildman–Crippen MR) is 93.5 cm³/mol. The molecule has 0 unspecified atom stereocenters. The van der Waals surface area contributed by atoms with Gasteiger partial charge in [-0.3, -0.25) is 14.5 Å². The van der Waals surface area contributed by atoms with Crippen LogP contribution in [0.4, 0.5) is 0 Å². The fraction of sp³-hybridized carbons (Fsp3) is 0.211. The first-order valence-electron chi connectivity index (χ1n) is 7.85. The SMILES string of the molecule is Cc1nn(C)c(C)c1-c1cc(C(=O)NCc2ccccc2)ccn1. The lowest BCUT2D eigenvalue weighted by Gasteiger charge is -2.07. The summed E-state index contributed by atoms with van der Waals surface area (Å²) < 4.78 is 1.83. The summed E-state index contributed by atoms with van der Waals surface area (Å²) in [5.41, 5.74) is 5.35. The molecule has 5 heteroatoms. The highest BCUT2D eigenvalue weighted by Gasteiger charge is 2.15. The van der Waals surface area contributed by atoms with E-state index in [1.807, 2.05) is 62.0 Å². The number of benzene rings is 1. The fourth-order valence-electron chi connectivity index (χ4n) is 2.73. The van der Waals surface area contributed by atoms with Crippen molar-refractivity contribution in [2.75, 3.05) is 0 Å². The fourth-order valence-corrected chi connectivity index (χ4v) is 2.73. The molecule has 1 N–H and O–H groups in total.